The number of nitrogens with one attached hydrogen (secondary N) is 1. The normalized spacial score (nSPS) is 12.4. The summed E-state index contributed by atoms with van der Waals surface area (Å²) >= 11 is 11.0. The van der Waals surface area contributed by atoms with Crippen molar-refractivity contribution in [1.82, 2.24) is 5.32 Å². The number of thiocarbonyl (C=S) groups is 1. The van der Waals surface area contributed by atoms with Crippen LogP contribution in [0.4, 0.5) is 0 Å². The minimum atomic E-state index is -0.934. The third kappa shape index (κ3) is 6.50. The van der Waals surface area contributed by atoms with Gasteiger partial charge in [-0.25, -0.2) is 0 Å². The van der Waals surface area contributed by atoms with E-state index in [9.17, 15) is 4.21 Å². The zero-order valence-corrected chi connectivity index (χ0v) is 13.7. The molecule has 106 valence electrons. The van der Waals surface area contributed by atoms with E-state index in [2.05, 4.69) is 19.2 Å². The molecule has 0 aliphatic rings. The van der Waals surface area contributed by atoms with Gasteiger partial charge in [0.25, 0.3) is 0 Å². The lowest BCUT2D eigenvalue weighted by Crippen LogP contribution is -2.26. The molecule has 1 N–H and O–H groups in total. The minimum absolute atomic E-state index is 0.387. The topological polar surface area (TPSA) is 29.1 Å². The molecule has 0 spiro atoms. The molecule has 1 aromatic rings. The molecule has 0 amide bonds. The van der Waals surface area contributed by atoms with Crippen LogP contribution in [0.5, 0.6) is 0 Å². The molecule has 0 saturated carbocycles. The summed E-state index contributed by atoms with van der Waals surface area (Å²) in [5.41, 5.74) is 0. The van der Waals surface area contributed by atoms with Crippen LogP contribution in [-0.4, -0.2) is 21.5 Å². The van der Waals surface area contributed by atoms with Crippen LogP contribution in [-0.2, 0) is 10.8 Å². The molecule has 1 unspecified atom stereocenters. The predicted molar refractivity (Wildman–Crippen MR) is 87.4 cm³/mol. The second-order valence-corrected chi connectivity index (χ2v) is 7.10. The number of hydrogen-bond donors (Lipinski definition) is 1. The van der Waals surface area contributed by atoms with Crippen LogP contribution in [0.2, 0.25) is 5.02 Å². The van der Waals surface area contributed by atoms with Gasteiger partial charge in [0.15, 0.2) is 0 Å². The van der Waals surface area contributed by atoms with E-state index in [0.717, 1.165) is 29.3 Å². The summed E-state index contributed by atoms with van der Waals surface area (Å²) in [7, 11) is -0.934. The quantitative estimate of drug-likeness (QED) is 0.612. The standard InChI is InChI=1S/C14H20ClNOS2/c1-11(2)14(18)16-9-3-4-10-19(17)13-7-5-12(15)6-8-13/h5-8,11H,3-4,9-10H2,1-2H3,(H,16,18). The average Bonchev–Trinajstić information content (AvgIpc) is 2.38. The monoisotopic (exact) mass is 317 g/mol. The van der Waals surface area contributed by atoms with Crippen molar-refractivity contribution in [3.63, 3.8) is 0 Å². The fourth-order valence-electron chi connectivity index (χ4n) is 1.48. The van der Waals surface area contributed by atoms with Crippen molar-refractivity contribution < 1.29 is 4.21 Å². The summed E-state index contributed by atoms with van der Waals surface area (Å²) in [6.07, 6.45) is 1.90. The van der Waals surface area contributed by atoms with E-state index in [4.69, 9.17) is 23.8 Å². The van der Waals surface area contributed by atoms with Gasteiger partial charge in [0, 0.05) is 28.1 Å². The maximum Gasteiger partial charge on any atom is 0.0779 e. The first kappa shape index (κ1) is 16.6. The third-order valence-electron chi connectivity index (χ3n) is 2.66. The van der Waals surface area contributed by atoms with Gasteiger partial charge in [0.1, 0.15) is 0 Å². The highest BCUT2D eigenvalue weighted by Gasteiger charge is 2.04. The van der Waals surface area contributed by atoms with Crippen molar-refractivity contribution in [2.24, 2.45) is 5.92 Å². The summed E-state index contributed by atoms with van der Waals surface area (Å²) in [6, 6.07) is 7.20. The molecule has 19 heavy (non-hydrogen) atoms. The first-order valence-electron chi connectivity index (χ1n) is 6.42. The molecule has 0 radical (unpaired) electrons. The van der Waals surface area contributed by atoms with Gasteiger partial charge in [-0.1, -0.05) is 37.7 Å². The maximum atomic E-state index is 12.0. The highest BCUT2D eigenvalue weighted by Crippen LogP contribution is 2.13. The molecule has 0 bridgehead atoms. The maximum absolute atomic E-state index is 12.0. The van der Waals surface area contributed by atoms with Gasteiger partial charge in [0.2, 0.25) is 0 Å². The van der Waals surface area contributed by atoms with Crippen LogP contribution in [0.3, 0.4) is 0 Å². The van der Waals surface area contributed by atoms with Crippen LogP contribution in [0.1, 0.15) is 26.7 Å². The van der Waals surface area contributed by atoms with Gasteiger partial charge in [0.05, 0.1) is 15.8 Å². The van der Waals surface area contributed by atoms with Crippen LogP contribution >= 0.6 is 23.8 Å². The third-order valence-corrected chi connectivity index (χ3v) is 4.98. The largest absolute Gasteiger partial charge is 0.379 e. The zero-order chi connectivity index (χ0) is 14.3. The lowest BCUT2D eigenvalue weighted by atomic mass is 10.2. The molecule has 5 heteroatoms. The molecular formula is C14H20ClNOS2. The molecule has 0 aromatic heterocycles. The van der Waals surface area contributed by atoms with Crippen LogP contribution in [0.25, 0.3) is 0 Å². The number of hydrogen-bond acceptors (Lipinski definition) is 2. The zero-order valence-electron chi connectivity index (χ0n) is 11.3. The lowest BCUT2D eigenvalue weighted by molar-refractivity contribution is 0.674. The first-order valence-corrected chi connectivity index (χ1v) is 8.53. The molecule has 2 nitrogen and oxygen atoms in total. The molecule has 0 heterocycles. The van der Waals surface area contributed by atoms with Gasteiger partial charge >= 0.3 is 0 Å². The van der Waals surface area contributed by atoms with E-state index < -0.39 is 10.8 Å². The summed E-state index contributed by atoms with van der Waals surface area (Å²) in [4.78, 5) is 1.74. The Morgan fingerprint density at radius 2 is 1.95 bits per heavy atom. The summed E-state index contributed by atoms with van der Waals surface area (Å²) < 4.78 is 12.0. The van der Waals surface area contributed by atoms with Crippen molar-refractivity contribution >= 4 is 39.6 Å². The van der Waals surface area contributed by atoms with E-state index in [1.807, 2.05) is 12.1 Å². The molecule has 1 atom stereocenters. The number of halogens is 1. The number of benzene rings is 1. The lowest BCUT2D eigenvalue weighted by Gasteiger charge is -2.10. The van der Waals surface area contributed by atoms with Gasteiger partial charge in [-0.05, 0) is 37.1 Å². The Labute approximate surface area is 128 Å². The molecule has 1 aromatic carbocycles. The van der Waals surface area contributed by atoms with Crippen LogP contribution < -0.4 is 5.32 Å². The smallest absolute Gasteiger partial charge is 0.0779 e. The van der Waals surface area contributed by atoms with Crippen molar-refractivity contribution in [3.8, 4) is 0 Å². The Kier molecular flexibility index (Phi) is 7.57. The van der Waals surface area contributed by atoms with Crippen molar-refractivity contribution in [2.75, 3.05) is 12.3 Å². The van der Waals surface area contributed by atoms with Crippen LogP contribution in [0, 0.1) is 5.92 Å². The van der Waals surface area contributed by atoms with E-state index in [0.29, 0.717) is 16.7 Å². The van der Waals surface area contributed by atoms with Crippen molar-refractivity contribution in [2.45, 2.75) is 31.6 Å². The number of unbranched alkanes of at least 4 members (excludes halogenated alkanes) is 1. The molecular weight excluding hydrogens is 298 g/mol. The van der Waals surface area contributed by atoms with Gasteiger partial charge in [-0.2, -0.15) is 0 Å². The van der Waals surface area contributed by atoms with E-state index in [-0.39, 0.29) is 0 Å². The Balaban J connectivity index is 2.21. The Morgan fingerprint density at radius 3 is 2.53 bits per heavy atom. The van der Waals surface area contributed by atoms with E-state index >= 15 is 0 Å². The summed E-state index contributed by atoms with van der Waals surface area (Å²) in [5.74, 6) is 1.07. The van der Waals surface area contributed by atoms with Gasteiger partial charge < -0.3 is 5.32 Å². The molecule has 0 fully saturated rings. The Morgan fingerprint density at radius 1 is 1.32 bits per heavy atom. The Bertz CT molecular complexity index is 432. The SMILES string of the molecule is CC(C)C(=S)NCCCCS(=O)c1ccc(Cl)cc1. The van der Waals surface area contributed by atoms with Crippen molar-refractivity contribution in [3.05, 3.63) is 29.3 Å². The molecule has 0 aliphatic carbocycles. The fourth-order valence-corrected chi connectivity index (χ4v) is 2.85. The average molecular weight is 318 g/mol. The van der Waals surface area contributed by atoms with Crippen molar-refractivity contribution in [1.29, 1.82) is 0 Å². The fraction of sp³-hybridized carbons (Fsp3) is 0.500. The summed E-state index contributed by atoms with van der Waals surface area (Å²) in [6.45, 7) is 5.00. The predicted octanol–water partition coefficient (Wildman–Crippen LogP) is 3.80. The Hall–Kier alpha value is -0.450. The highest BCUT2D eigenvalue weighted by atomic mass is 35.5. The van der Waals surface area contributed by atoms with Gasteiger partial charge in [-0.3, -0.25) is 4.21 Å². The highest BCUT2D eigenvalue weighted by molar-refractivity contribution is 7.85. The second kappa shape index (κ2) is 8.67. The minimum Gasteiger partial charge on any atom is -0.379 e. The number of rotatable bonds is 7. The molecule has 1 rings (SSSR count). The molecule has 0 saturated heterocycles. The van der Waals surface area contributed by atoms with E-state index in [1.54, 1.807) is 12.1 Å². The summed E-state index contributed by atoms with van der Waals surface area (Å²) in [5, 5.41) is 3.89. The first-order chi connectivity index (χ1) is 9.00. The van der Waals surface area contributed by atoms with Crippen LogP contribution in [0.15, 0.2) is 29.2 Å². The second-order valence-electron chi connectivity index (χ2n) is 4.66. The van der Waals surface area contributed by atoms with Gasteiger partial charge in [-0.15, -0.1) is 0 Å². The van der Waals surface area contributed by atoms with E-state index in [1.165, 1.54) is 0 Å². The molecule has 0 aliphatic heterocycles.